The molecule has 1 aliphatic heterocycles. The maximum absolute atomic E-state index is 13.1. The number of nitrogens with one attached hydrogen (secondary N) is 1. The first-order valence-corrected chi connectivity index (χ1v) is 12.7. The molecule has 0 unspecified atom stereocenters. The van der Waals surface area contributed by atoms with Crippen molar-refractivity contribution in [1.82, 2.24) is 10.2 Å². The molecule has 2 aromatic carbocycles. The Bertz CT molecular complexity index is 1150. The van der Waals surface area contributed by atoms with E-state index >= 15 is 0 Å². The molecule has 1 aliphatic rings. The van der Waals surface area contributed by atoms with Gasteiger partial charge >= 0.3 is 0 Å². The number of aromatic nitrogens is 2. The lowest BCUT2D eigenvalue weighted by molar-refractivity contribution is -0.115. The summed E-state index contributed by atoms with van der Waals surface area (Å²) in [7, 11) is -2.96. The van der Waals surface area contributed by atoms with Crippen molar-refractivity contribution in [1.29, 1.82) is 0 Å². The van der Waals surface area contributed by atoms with E-state index < -0.39 is 15.1 Å². The van der Waals surface area contributed by atoms with Gasteiger partial charge in [0, 0.05) is 12.1 Å². The van der Waals surface area contributed by atoms with Crippen molar-refractivity contribution < 1.29 is 17.6 Å². The van der Waals surface area contributed by atoms with Gasteiger partial charge in [0.15, 0.2) is 9.84 Å². The molecule has 1 fully saturated rings. The molecule has 1 saturated heterocycles. The highest BCUT2D eigenvalue weighted by Crippen LogP contribution is 2.36. The molecule has 0 bridgehead atoms. The quantitative estimate of drug-likeness (QED) is 0.538. The van der Waals surface area contributed by atoms with Crippen molar-refractivity contribution in [2.75, 3.05) is 16.8 Å². The summed E-state index contributed by atoms with van der Waals surface area (Å²) in [5.41, 5.74) is 2.64. The third kappa shape index (κ3) is 5.74. The van der Waals surface area contributed by atoms with Crippen LogP contribution in [0.25, 0.3) is 0 Å². The summed E-state index contributed by atoms with van der Waals surface area (Å²) in [5, 5.41) is 10.8. The molecule has 0 aliphatic carbocycles. The summed E-state index contributed by atoms with van der Waals surface area (Å²) in [6.07, 6.45) is 1.04. The highest BCUT2D eigenvalue weighted by Gasteiger charge is 2.30. The van der Waals surface area contributed by atoms with Crippen LogP contribution in [0.1, 0.15) is 28.7 Å². The van der Waals surface area contributed by atoms with Crippen LogP contribution in [0.3, 0.4) is 0 Å². The Morgan fingerprint density at radius 2 is 1.90 bits per heavy atom. The number of benzene rings is 2. The minimum Gasteiger partial charge on any atom is -0.416 e. The number of thioether (sulfide) groups is 1. The van der Waals surface area contributed by atoms with Gasteiger partial charge in [0.1, 0.15) is 5.25 Å². The fourth-order valence-corrected chi connectivity index (χ4v) is 6.25. The van der Waals surface area contributed by atoms with Gasteiger partial charge in [-0.25, -0.2) is 8.42 Å². The Labute approximate surface area is 185 Å². The monoisotopic (exact) mass is 457 g/mol. The van der Waals surface area contributed by atoms with Crippen molar-refractivity contribution in [3.63, 3.8) is 0 Å². The molecule has 3 aromatic rings. The molecule has 2 atom stereocenters. The number of hydrogen-bond donors (Lipinski definition) is 1. The fraction of sp³-hybridized carbons (Fsp3) is 0.318. The molecular weight excluding hydrogens is 434 g/mol. The van der Waals surface area contributed by atoms with Gasteiger partial charge in [0.25, 0.3) is 5.22 Å². The fourth-order valence-electron chi connectivity index (χ4n) is 3.49. The van der Waals surface area contributed by atoms with Crippen LogP contribution in [0, 0.1) is 12.8 Å². The van der Waals surface area contributed by atoms with Crippen LogP contribution in [0.2, 0.25) is 0 Å². The summed E-state index contributed by atoms with van der Waals surface area (Å²) in [4.78, 5) is 13.1. The first kappa shape index (κ1) is 21.6. The summed E-state index contributed by atoms with van der Waals surface area (Å²) >= 11 is 1.18. The smallest absolute Gasteiger partial charge is 0.277 e. The standard InChI is InChI=1S/C22H23N3O4S2/c1-15-7-9-18(10-8-15)23-21(26)20(17-5-3-2-4-6-17)30-22-25-24-19(29-22)13-16-11-12-31(27,28)14-16/h2-10,16,20H,11-14H2,1H3,(H,23,26)/t16-,20-/m1/s1. The van der Waals surface area contributed by atoms with Crippen molar-refractivity contribution >= 4 is 33.2 Å². The lowest BCUT2D eigenvalue weighted by Crippen LogP contribution is -2.19. The maximum atomic E-state index is 13.1. The van der Waals surface area contributed by atoms with Crippen molar-refractivity contribution in [3.8, 4) is 0 Å². The van der Waals surface area contributed by atoms with E-state index in [0.717, 1.165) is 11.1 Å². The van der Waals surface area contributed by atoms with Crippen molar-refractivity contribution in [2.24, 2.45) is 5.92 Å². The third-order valence-corrected chi connectivity index (χ3v) is 8.04. The molecule has 1 aromatic heterocycles. The molecule has 1 amide bonds. The van der Waals surface area contributed by atoms with Gasteiger partial charge in [-0.1, -0.05) is 48.0 Å². The Hall–Kier alpha value is -2.65. The van der Waals surface area contributed by atoms with Crippen LogP contribution in [-0.2, 0) is 21.1 Å². The number of sulfone groups is 1. The van der Waals surface area contributed by atoms with Crippen LogP contribution in [0.4, 0.5) is 5.69 Å². The van der Waals surface area contributed by atoms with E-state index in [1.807, 2.05) is 61.5 Å². The van der Waals surface area contributed by atoms with Crippen LogP contribution in [0.15, 0.2) is 64.2 Å². The molecule has 9 heteroatoms. The van der Waals surface area contributed by atoms with Gasteiger partial charge in [-0.05, 0) is 48.7 Å². The first-order chi connectivity index (χ1) is 14.9. The Morgan fingerprint density at radius 3 is 2.58 bits per heavy atom. The van der Waals surface area contributed by atoms with Crippen molar-refractivity contribution in [3.05, 3.63) is 71.6 Å². The first-order valence-electron chi connectivity index (χ1n) is 10.00. The molecule has 1 N–H and O–H groups in total. The Kier molecular flexibility index (Phi) is 6.43. The predicted octanol–water partition coefficient (Wildman–Crippen LogP) is 3.83. The number of carbonyl (C=O) groups excluding carboxylic acids is 1. The molecule has 0 saturated carbocycles. The second kappa shape index (κ2) is 9.23. The predicted molar refractivity (Wildman–Crippen MR) is 120 cm³/mol. The highest BCUT2D eigenvalue weighted by molar-refractivity contribution is 8.00. The number of rotatable bonds is 7. The number of amides is 1. The van der Waals surface area contributed by atoms with E-state index in [-0.39, 0.29) is 28.6 Å². The van der Waals surface area contributed by atoms with Gasteiger partial charge in [-0.3, -0.25) is 4.79 Å². The maximum Gasteiger partial charge on any atom is 0.277 e. The molecule has 0 spiro atoms. The minimum atomic E-state index is -2.96. The van der Waals surface area contributed by atoms with Gasteiger partial charge in [-0.15, -0.1) is 10.2 Å². The van der Waals surface area contributed by atoms with Gasteiger partial charge in [0.2, 0.25) is 11.8 Å². The summed E-state index contributed by atoms with van der Waals surface area (Å²) in [6, 6.07) is 17.0. The summed E-state index contributed by atoms with van der Waals surface area (Å²) in [5.74, 6) is 0.571. The zero-order valence-electron chi connectivity index (χ0n) is 17.0. The number of hydrogen-bond acceptors (Lipinski definition) is 7. The van der Waals surface area contributed by atoms with E-state index in [2.05, 4.69) is 15.5 Å². The molecular formula is C22H23N3O4S2. The number of aryl methyl sites for hydroxylation is 1. The molecule has 31 heavy (non-hydrogen) atoms. The number of carbonyl (C=O) groups is 1. The van der Waals surface area contributed by atoms with Crippen LogP contribution < -0.4 is 5.32 Å². The lowest BCUT2D eigenvalue weighted by atomic mass is 10.1. The summed E-state index contributed by atoms with van der Waals surface area (Å²) < 4.78 is 29.1. The molecule has 0 radical (unpaired) electrons. The van der Waals surface area contributed by atoms with E-state index in [0.29, 0.717) is 24.4 Å². The second-order valence-corrected chi connectivity index (χ2v) is 11.0. The lowest BCUT2D eigenvalue weighted by Gasteiger charge is -2.15. The van der Waals surface area contributed by atoms with Crippen molar-refractivity contribution in [2.45, 2.75) is 30.2 Å². The molecule has 162 valence electrons. The Balaban J connectivity index is 1.48. The van der Waals surface area contributed by atoms with Gasteiger partial charge < -0.3 is 9.73 Å². The van der Waals surface area contributed by atoms with Gasteiger partial charge in [0.05, 0.1) is 11.5 Å². The van der Waals surface area contributed by atoms with E-state index in [4.69, 9.17) is 4.42 Å². The Morgan fingerprint density at radius 1 is 1.16 bits per heavy atom. The SMILES string of the molecule is Cc1ccc(NC(=O)[C@H](Sc2nnc(C[C@H]3CCS(=O)(=O)C3)o2)c2ccccc2)cc1. The average molecular weight is 458 g/mol. The van der Waals surface area contributed by atoms with Crippen LogP contribution in [-0.4, -0.2) is 36.0 Å². The summed E-state index contributed by atoms with van der Waals surface area (Å²) in [6.45, 7) is 1.99. The van der Waals surface area contributed by atoms with E-state index in [1.54, 1.807) is 0 Å². The molecule has 7 nitrogen and oxygen atoms in total. The highest BCUT2D eigenvalue weighted by atomic mass is 32.2. The van der Waals surface area contributed by atoms with E-state index in [1.165, 1.54) is 11.8 Å². The zero-order valence-corrected chi connectivity index (χ0v) is 18.7. The number of anilines is 1. The second-order valence-electron chi connectivity index (χ2n) is 7.70. The zero-order chi connectivity index (χ0) is 21.8. The molecule has 2 heterocycles. The van der Waals surface area contributed by atoms with Crippen LogP contribution >= 0.6 is 11.8 Å². The van der Waals surface area contributed by atoms with E-state index in [9.17, 15) is 13.2 Å². The third-order valence-electron chi connectivity index (χ3n) is 5.12. The van der Waals surface area contributed by atoms with Crippen LogP contribution in [0.5, 0.6) is 0 Å². The van der Waals surface area contributed by atoms with Gasteiger partial charge in [-0.2, -0.15) is 0 Å². The minimum absolute atomic E-state index is 0.00180. The molecule has 4 rings (SSSR count). The topological polar surface area (TPSA) is 102 Å². The largest absolute Gasteiger partial charge is 0.416 e. The normalized spacial score (nSPS) is 18.5. The average Bonchev–Trinajstić information content (AvgIpc) is 3.34. The number of nitrogens with zero attached hydrogens (tertiary/aromatic N) is 2.